The Morgan fingerprint density at radius 3 is 2.88 bits per heavy atom. The maximum Gasteiger partial charge on any atom is 0.171 e. The smallest absolute Gasteiger partial charge is 0.171 e. The molecule has 1 fully saturated rings. The van der Waals surface area contributed by atoms with Crippen LogP contribution in [0.2, 0.25) is 0 Å². The summed E-state index contributed by atoms with van der Waals surface area (Å²) in [7, 11) is 0. The average molecular weight is 344 g/mol. The summed E-state index contributed by atoms with van der Waals surface area (Å²) in [6, 6.07) is 8.53. The highest BCUT2D eigenvalue weighted by Crippen LogP contribution is 2.23. The third-order valence-corrected chi connectivity index (χ3v) is 4.57. The molecule has 128 valence electrons. The van der Waals surface area contributed by atoms with E-state index in [1.54, 1.807) is 0 Å². The number of furan rings is 1. The zero-order valence-corrected chi connectivity index (χ0v) is 15.0. The van der Waals surface area contributed by atoms with Crippen molar-refractivity contribution in [2.24, 2.45) is 0 Å². The van der Waals surface area contributed by atoms with Crippen LogP contribution in [-0.4, -0.2) is 22.7 Å². The van der Waals surface area contributed by atoms with E-state index in [2.05, 4.69) is 33.5 Å². The van der Waals surface area contributed by atoms with Crippen molar-refractivity contribution in [2.75, 3.05) is 16.8 Å². The summed E-state index contributed by atoms with van der Waals surface area (Å²) >= 11 is 5.32. The molecule has 3 heterocycles. The van der Waals surface area contributed by atoms with Gasteiger partial charge in [-0.05, 0) is 69.6 Å². The van der Waals surface area contributed by atoms with Gasteiger partial charge in [0, 0.05) is 12.6 Å². The van der Waals surface area contributed by atoms with Crippen LogP contribution in [0.15, 0.2) is 34.9 Å². The third-order valence-electron chi connectivity index (χ3n) is 4.32. The summed E-state index contributed by atoms with van der Waals surface area (Å²) in [6.45, 7) is 5.85. The van der Waals surface area contributed by atoms with Crippen molar-refractivity contribution in [3.8, 4) is 0 Å². The molecule has 5 nitrogen and oxygen atoms in total. The lowest BCUT2D eigenvalue weighted by atomic mass is 10.0. The first-order chi connectivity index (χ1) is 11.6. The van der Waals surface area contributed by atoms with Crippen LogP contribution in [0.25, 0.3) is 0 Å². The van der Waals surface area contributed by atoms with E-state index < -0.39 is 0 Å². The quantitative estimate of drug-likeness (QED) is 0.822. The van der Waals surface area contributed by atoms with Gasteiger partial charge in [-0.15, -0.1) is 0 Å². The lowest BCUT2D eigenvalue weighted by molar-refractivity contribution is 0.478. The molecule has 24 heavy (non-hydrogen) atoms. The van der Waals surface area contributed by atoms with Crippen LogP contribution in [0.3, 0.4) is 0 Å². The molecule has 0 unspecified atom stereocenters. The minimum Gasteiger partial charge on any atom is -0.465 e. The number of anilines is 2. The average Bonchev–Trinajstić information content (AvgIpc) is 3.00. The maximum atomic E-state index is 5.51. The Bertz CT molecular complexity index is 683. The second-order valence-electron chi connectivity index (χ2n) is 6.26. The molecule has 1 saturated heterocycles. The number of rotatable bonds is 4. The molecule has 0 radical (unpaired) electrons. The van der Waals surface area contributed by atoms with Crippen LogP contribution in [0.4, 0.5) is 11.5 Å². The summed E-state index contributed by atoms with van der Waals surface area (Å²) < 4.78 is 5.51. The normalized spacial score (nSPS) is 17.6. The van der Waals surface area contributed by atoms with Gasteiger partial charge in [0.25, 0.3) is 0 Å². The van der Waals surface area contributed by atoms with Gasteiger partial charge >= 0.3 is 0 Å². The molecule has 0 saturated carbocycles. The summed E-state index contributed by atoms with van der Waals surface area (Å²) in [5, 5.41) is 6.85. The van der Waals surface area contributed by atoms with E-state index in [9.17, 15) is 0 Å². The molecular weight excluding hydrogens is 320 g/mol. The summed E-state index contributed by atoms with van der Waals surface area (Å²) in [6.07, 6.45) is 5.63. The molecule has 1 aliphatic rings. The van der Waals surface area contributed by atoms with E-state index in [1.807, 2.05) is 31.3 Å². The predicted molar refractivity (Wildman–Crippen MR) is 101 cm³/mol. The van der Waals surface area contributed by atoms with Crippen LogP contribution >= 0.6 is 12.2 Å². The Labute approximate surface area is 148 Å². The molecule has 0 bridgehead atoms. The van der Waals surface area contributed by atoms with Crippen molar-refractivity contribution in [3.63, 3.8) is 0 Å². The fraction of sp³-hybridized carbons (Fsp3) is 0.444. The first-order valence-corrected chi connectivity index (χ1v) is 8.85. The van der Waals surface area contributed by atoms with Crippen LogP contribution < -0.4 is 15.5 Å². The second kappa shape index (κ2) is 7.66. The highest BCUT2D eigenvalue weighted by Gasteiger charge is 2.19. The van der Waals surface area contributed by atoms with Crippen molar-refractivity contribution >= 4 is 28.8 Å². The van der Waals surface area contributed by atoms with Gasteiger partial charge in [0.2, 0.25) is 0 Å². The molecule has 1 atom stereocenters. The van der Waals surface area contributed by atoms with Crippen LogP contribution in [-0.2, 0) is 6.54 Å². The van der Waals surface area contributed by atoms with Gasteiger partial charge in [-0.25, -0.2) is 4.98 Å². The minimum atomic E-state index is 0.560. The summed E-state index contributed by atoms with van der Waals surface area (Å²) in [5.74, 6) is 2.80. The molecule has 0 amide bonds. The lowest BCUT2D eigenvalue weighted by Crippen LogP contribution is -2.37. The number of aryl methyl sites for hydroxylation is 1. The number of aromatic nitrogens is 1. The zero-order valence-electron chi connectivity index (χ0n) is 14.2. The third kappa shape index (κ3) is 4.26. The Kier molecular flexibility index (Phi) is 5.35. The topological polar surface area (TPSA) is 53.3 Å². The van der Waals surface area contributed by atoms with E-state index in [0.717, 1.165) is 29.6 Å². The van der Waals surface area contributed by atoms with Gasteiger partial charge in [0.15, 0.2) is 5.11 Å². The first kappa shape index (κ1) is 16.8. The van der Waals surface area contributed by atoms with Crippen molar-refractivity contribution < 1.29 is 4.42 Å². The number of hydrogen-bond donors (Lipinski definition) is 2. The molecule has 3 rings (SSSR count). The van der Waals surface area contributed by atoms with E-state index in [-0.39, 0.29) is 0 Å². The van der Waals surface area contributed by atoms with E-state index in [0.29, 0.717) is 17.7 Å². The van der Waals surface area contributed by atoms with Gasteiger partial charge < -0.3 is 20.0 Å². The van der Waals surface area contributed by atoms with Crippen LogP contribution in [0, 0.1) is 6.92 Å². The minimum absolute atomic E-state index is 0.560. The van der Waals surface area contributed by atoms with Gasteiger partial charge in [-0.1, -0.05) is 0 Å². The van der Waals surface area contributed by atoms with Gasteiger partial charge in [-0.2, -0.15) is 0 Å². The monoisotopic (exact) mass is 344 g/mol. The number of thiocarbonyl (C=S) groups is 1. The summed E-state index contributed by atoms with van der Waals surface area (Å²) in [4.78, 5) is 6.96. The van der Waals surface area contributed by atoms with Crippen molar-refractivity contribution in [1.29, 1.82) is 0 Å². The first-order valence-electron chi connectivity index (χ1n) is 8.44. The fourth-order valence-corrected chi connectivity index (χ4v) is 3.18. The standard InChI is InChI=1S/C18H24N4OS/c1-13-5-3-4-10-22(13)17-9-7-15(11-19-17)21-18(24)20-12-16-8-6-14(2)23-16/h6-9,11,13H,3-5,10,12H2,1-2H3,(H2,20,21,24)/t13-/m0/s1. The maximum absolute atomic E-state index is 5.51. The number of piperidine rings is 1. The van der Waals surface area contributed by atoms with Gasteiger partial charge in [0.1, 0.15) is 17.3 Å². The predicted octanol–water partition coefficient (Wildman–Crippen LogP) is 3.85. The number of nitrogens with zero attached hydrogens (tertiary/aromatic N) is 2. The Hall–Kier alpha value is -2.08. The number of hydrogen-bond acceptors (Lipinski definition) is 4. The largest absolute Gasteiger partial charge is 0.465 e. The fourth-order valence-electron chi connectivity index (χ4n) is 2.99. The Morgan fingerprint density at radius 1 is 1.33 bits per heavy atom. The summed E-state index contributed by atoms with van der Waals surface area (Å²) in [5.41, 5.74) is 0.886. The molecule has 0 aromatic carbocycles. The Balaban J connectivity index is 1.52. The number of nitrogens with one attached hydrogen (secondary N) is 2. The SMILES string of the molecule is Cc1ccc(CNC(=S)Nc2ccc(N3CCCC[C@@H]3C)nc2)o1. The highest BCUT2D eigenvalue weighted by molar-refractivity contribution is 7.80. The molecule has 2 aromatic heterocycles. The van der Waals surface area contributed by atoms with Crippen molar-refractivity contribution in [1.82, 2.24) is 10.3 Å². The molecule has 2 aromatic rings. The molecule has 0 aliphatic carbocycles. The molecule has 6 heteroatoms. The van der Waals surface area contributed by atoms with Gasteiger partial charge in [0.05, 0.1) is 18.4 Å². The highest BCUT2D eigenvalue weighted by atomic mass is 32.1. The molecule has 2 N–H and O–H groups in total. The molecule has 0 spiro atoms. The van der Waals surface area contributed by atoms with E-state index >= 15 is 0 Å². The molecular formula is C18H24N4OS. The zero-order chi connectivity index (χ0) is 16.9. The lowest BCUT2D eigenvalue weighted by Gasteiger charge is -2.34. The van der Waals surface area contributed by atoms with E-state index in [4.69, 9.17) is 16.6 Å². The van der Waals surface area contributed by atoms with Crippen LogP contribution in [0.1, 0.15) is 37.7 Å². The number of pyridine rings is 1. The van der Waals surface area contributed by atoms with E-state index in [1.165, 1.54) is 19.3 Å². The molecule has 1 aliphatic heterocycles. The van der Waals surface area contributed by atoms with Gasteiger partial charge in [-0.3, -0.25) is 0 Å². The van der Waals surface area contributed by atoms with Crippen molar-refractivity contribution in [3.05, 3.63) is 42.0 Å². The van der Waals surface area contributed by atoms with Crippen LogP contribution in [0.5, 0.6) is 0 Å². The Morgan fingerprint density at radius 2 is 2.21 bits per heavy atom. The van der Waals surface area contributed by atoms with Crippen molar-refractivity contribution in [2.45, 2.75) is 45.7 Å². The second-order valence-corrected chi connectivity index (χ2v) is 6.67.